The SMILES string of the molecule is O=c1[nH]cc(-c2cc(C3CC3)c3nccn3n2)c(=O)[nH]1.c1ccc2scnc2c1. The number of thiazole rings is 1. The van der Waals surface area contributed by atoms with E-state index in [-0.39, 0.29) is 0 Å². The highest BCUT2D eigenvalue weighted by Gasteiger charge is 2.27. The van der Waals surface area contributed by atoms with Gasteiger partial charge in [0.15, 0.2) is 5.65 Å². The molecule has 4 aromatic heterocycles. The number of H-pyrrole nitrogens is 2. The van der Waals surface area contributed by atoms with Crippen LogP contribution in [0.15, 0.2) is 64.0 Å². The second kappa shape index (κ2) is 7.10. The van der Waals surface area contributed by atoms with Gasteiger partial charge in [0.05, 0.1) is 27.0 Å². The number of aromatic nitrogens is 6. The van der Waals surface area contributed by atoms with Crippen molar-refractivity contribution in [1.82, 2.24) is 29.5 Å². The normalized spacial score (nSPS) is 13.4. The van der Waals surface area contributed by atoms with E-state index in [1.54, 1.807) is 28.2 Å². The molecular weight excluding hydrogens is 388 g/mol. The van der Waals surface area contributed by atoms with E-state index in [2.05, 4.69) is 31.1 Å². The highest BCUT2D eigenvalue weighted by Crippen LogP contribution is 2.42. The lowest BCUT2D eigenvalue weighted by Crippen LogP contribution is -2.23. The van der Waals surface area contributed by atoms with Gasteiger partial charge in [-0.1, -0.05) is 12.1 Å². The Kier molecular flexibility index (Phi) is 4.28. The van der Waals surface area contributed by atoms with Crippen molar-refractivity contribution < 1.29 is 0 Å². The fraction of sp³-hybridized carbons (Fsp3) is 0.150. The third kappa shape index (κ3) is 3.47. The largest absolute Gasteiger partial charge is 0.325 e. The lowest BCUT2D eigenvalue weighted by molar-refractivity contribution is 0.913. The van der Waals surface area contributed by atoms with Gasteiger partial charge in [-0.05, 0) is 37.0 Å². The Balaban J connectivity index is 0.000000168. The number of rotatable bonds is 2. The van der Waals surface area contributed by atoms with Crippen LogP contribution in [0.3, 0.4) is 0 Å². The second-order valence-corrected chi connectivity index (χ2v) is 7.65. The average molecular weight is 404 g/mol. The molecule has 8 nitrogen and oxygen atoms in total. The first kappa shape index (κ1) is 17.5. The third-order valence-electron chi connectivity index (χ3n) is 4.74. The molecule has 1 aromatic carbocycles. The van der Waals surface area contributed by atoms with Crippen molar-refractivity contribution in [3.63, 3.8) is 0 Å². The highest BCUT2D eigenvalue weighted by molar-refractivity contribution is 7.16. The zero-order valence-electron chi connectivity index (χ0n) is 15.2. The summed E-state index contributed by atoms with van der Waals surface area (Å²) in [4.78, 5) is 36.1. The van der Waals surface area contributed by atoms with Crippen LogP contribution in [0.2, 0.25) is 0 Å². The van der Waals surface area contributed by atoms with E-state index in [9.17, 15) is 9.59 Å². The molecule has 1 saturated carbocycles. The van der Waals surface area contributed by atoms with Crippen LogP contribution in [0.1, 0.15) is 24.3 Å². The summed E-state index contributed by atoms with van der Waals surface area (Å²) in [5.41, 5.74) is 4.82. The van der Waals surface area contributed by atoms with Gasteiger partial charge in [0.2, 0.25) is 0 Å². The zero-order chi connectivity index (χ0) is 19.8. The number of hydrogen-bond acceptors (Lipinski definition) is 6. The van der Waals surface area contributed by atoms with E-state index in [4.69, 9.17) is 0 Å². The lowest BCUT2D eigenvalue weighted by Gasteiger charge is -2.05. The Hall–Kier alpha value is -3.59. The number of aromatic amines is 2. The fourth-order valence-electron chi connectivity index (χ4n) is 3.17. The molecule has 0 unspecified atom stereocenters. The average Bonchev–Trinajstić information content (AvgIpc) is 3.26. The van der Waals surface area contributed by atoms with Crippen LogP contribution in [0.25, 0.3) is 27.1 Å². The van der Waals surface area contributed by atoms with Crippen LogP contribution >= 0.6 is 11.3 Å². The van der Waals surface area contributed by atoms with Crippen molar-refractivity contribution in [1.29, 1.82) is 0 Å². The molecule has 1 aliphatic carbocycles. The van der Waals surface area contributed by atoms with Gasteiger partial charge >= 0.3 is 5.69 Å². The monoisotopic (exact) mass is 404 g/mol. The Bertz CT molecular complexity index is 1400. The maximum absolute atomic E-state index is 11.9. The van der Waals surface area contributed by atoms with E-state index in [0.29, 0.717) is 17.2 Å². The molecule has 0 radical (unpaired) electrons. The van der Waals surface area contributed by atoms with Gasteiger partial charge in [-0.15, -0.1) is 11.3 Å². The second-order valence-electron chi connectivity index (χ2n) is 6.76. The van der Waals surface area contributed by atoms with E-state index in [1.807, 2.05) is 29.8 Å². The third-order valence-corrected chi connectivity index (χ3v) is 5.55. The minimum Gasteiger partial charge on any atom is -0.313 e. The molecule has 4 heterocycles. The van der Waals surface area contributed by atoms with Crippen molar-refractivity contribution in [2.75, 3.05) is 0 Å². The molecule has 1 fully saturated rings. The maximum Gasteiger partial charge on any atom is 0.325 e. The van der Waals surface area contributed by atoms with Gasteiger partial charge in [-0.2, -0.15) is 5.10 Å². The quantitative estimate of drug-likeness (QED) is 0.470. The molecule has 0 atom stereocenters. The van der Waals surface area contributed by atoms with Crippen molar-refractivity contribution in [3.8, 4) is 11.3 Å². The molecule has 0 amide bonds. The molecule has 0 spiro atoms. The molecule has 9 heteroatoms. The van der Waals surface area contributed by atoms with Crippen molar-refractivity contribution in [2.45, 2.75) is 18.8 Å². The molecular formula is C20H16N6O2S. The van der Waals surface area contributed by atoms with E-state index in [0.717, 1.165) is 29.6 Å². The Morgan fingerprint density at radius 3 is 2.79 bits per heavy atom. The van der Waals surface area contributed by atoms with Gasteiger partial charge < -0.3 is 4.98 Å². The number of benzene rings is 1. The van der Waals surface area contributed by atoms with Crippen LogP contribution < -0.4 is 11.2 Å². The summed E-state index contributed by atoms with van der Waals surface area (Å²) in [5, 5.41) is 4.38. The van der Waals surface area contributed by atoms with Crippen molar-refractivity contribution in [2.24, 2.45) is 0 Å². The first-order valence-corrected chi connectivity index (χ1v) is 10.0. The van der Waals surface area contributed by atoms with Gasteiger partial charge in [0.25, 0.3) is 5.56 Å². The van der Waals surface area contributed by atoms with Crippen molar-refractivity contribution >= 4 is 27.2 Å². The predicted molar refractivity (Wildman–Crippen MR) is 111 cm³/mol. The number of imidazole rings is 1. The number of nitrogens with zero attached hydrogens (tertiary/aromatic N) is 4. The van der Waals surface area contributed by atoms with E-state index in [1.165, 1.54) is 10.9 Å². The Morgan fingerprint density at radius 1 is 1.14 bits per heavy atom. The van der Waals surface area contributed by atoms with Crippen LogP contribution in [0, 0.1) is 0 Å². The van der Waals surface area contributed by atoms with Gasteiger partial charge in [0.1, 0.15) is 0 Å². The summed E-state index contributed by atoms with van der Waals surface area (Å²) in [7, 11) is 0. The van der Waals surface area contributed by atoms with Gasteiger partial charge in [0, 0.05) is 24.2 Å². The number of para-hydroxylation sites is 1. The smallest absolute Gasteiger partial charge is 0.313 e. The summed E-state index contributed by atoms with van der Waals surface area (Å²) >= 11 is 1.68. The first-order chi connectivity index (χ1) is 14.2. The van der Waals surface area contributed by atoms with Crippen LogP contribution in [0.4, 0.5) is 0 Å². The lowest BCUT2D eigenvalue weighted by atomic mass is 10.1. The summed E-state index contributed by atoms with van der Waals surface area (Å²) in [5.74, 6) is 0.489. The minimum absolute atomic E-state index is 0.349. The summed E-state index contributed by atoms with van der Waals surface area (Å²) in [6.07, 6.45) is 7.10. The predicted octanol–water partition coefficient (Wildman–Crippen LogP) is 2.95. The topological polar surface area (TPSA) is 109 Å². The number of hydrogen-bond donors (Lipinski definition) is 2. The van der Waals surface area contributed by atoms with E-state index >= 15 is 0 Å². The highest BCUT2D eigenvalue weighted by atomic mass is 32.1. The van der Waals surface area contributed by atoms with Crippen LogP contribution in [-0.2, 0) is 0 Å². The minimum atomic E-state index is -0.523. The fourth-order valence-corrected chi connectivity index (χ4v) is 3.85. The molecule has 5 aromatic rings. The molecule has 6 rings (SSSR count). The Morgan fingerprint density at radius 2 is 2.00 bits per heavy atom. The molecule has 29 heavy (non-hydrogen) atoms. The molecule has 0 bridgehead atoms. The van der Waals surface area contributed by atoms with Gasteiger partial charge in [-0.25, -0.2) is 19.3 Å². The summed E-state index contributed by atoms with van der Waals surface area (Å²) in [6.45, 7) is 0. The molecule has 1 aliphatic rings. The van der Waals surface area contributed by atoms with Gasteiger partial charge in [-0.3, -0.25) is 9.78 Å². The summed E-state index contributed by atoms with van der Waals surface area (Å²) < 4.78 is 2.94. The van der Waals surface area contributed by atoms with Crippen LogP contribution in [-0.4, -0.2) is 29.5 Å². The Labute approximate surface area is 167 Å². The standard InChI is InChI=1S/C13H11N5O2.C7H5NS/c19-12-9(6-15-13(20)16-12)10-5-8(7-1-2-7)11-14-3-4-18(11)17-10;1-2-4-7-6(3-1)8-5-9-7/h3-7H,1-2H2,(H2,15,16,19,20);1-5H. The van der Waals surface area contributed by atoms with Crippen molar-refractivity contribution in [3.05, 3.63) is 80.8 Å². The maximum atomic E-state index is 11.9. The van der Waals surface area contributed by atoms with E-state index < -0.39 is 11.2 Å². The molecule has 2 N–H and O–H groups in total. The first-order valence-electron chi connectivity index (χ1n) is 9.14. The number of nitrogens with one attached hydrogen (secondary N) is 2. The zero-order valence-corrected chi connectivity index (χ0v) is 16.0. The van der Waals surface area contributed by atoms with Crippen LogP contribution in [0.5, 0.6) is 0 Å². The molecule has 0 saturated heterocycles. The number of fused-ring (bicyclic) bond motifs is 2. The summed E-state index contributed by atoms with van der Waals surface area (Å²) in [6, 6.07) is 10.0. The molecule has 144 valence electrons. The molecule has 0 aliphatic heterocycles.